The fraction of sp³-hybridized carbons (Fsp3) is 0.364. The zero-order chi connectivity index (χ0) is 12.0. The molecule has 0 heterocycles. The standard InChI is InChI=1S/C11H14INO3/c1-15-7-6-10(16-11(13)14)8-4-2-3-5-9(8)12/h2-5,10H,6-7H2,1H3,(H2,13,14)/t10-/m0/s1. The quantitative estimate of drug-likeness (QED) is 0.841. The first-order chi connectivity index (χ1) is 7.65. The monoisotopic (exact) mass is 335 g/mol. The normalized spacial score (nSPS) is 12.1. The third-order valence-electron chi connectivity index (χ3n) is 2.09. The summed E-state index contributed by atoms with van der Waals surface area (Å²) in [6.07, 6.45) is -0.509. The average molecular weight is 335 g/mol. The fourth-order valence-electron chi connectivity index (χ4n) is 1.38. The Bertz CT molecular complexity index is 357. The first kappa shape index (κ1) is 13.2. The minimum absolute atomic E-state index is 0.342. The molecule has 0 unspecified atom stereocenters. The highest BCUT2D eigenvalue weighted by molar-refractivity contribution is 14.1. The van der Waals surface area contributed by atoms with E-state index in [9.17, 15) is 4.79 Å². The maximum atomic E-state index is 10.8. The molecule has 0 fully saturated rings. The van der Waals surface area contributed by atoms with Crippen LogP contribution in [0, 0.1) is 3.57 Å². The molecule has 2 N–H and O–H groups in total. The molecule has 1 aromatic carbocycles. The van der Waals surface area contributed by atoms with E-state index in [1.807, 2.05) is 24.3 Å². The molecule has 1 rings (SSSR count). The van der Waals surface area contributed by atoms with Gasteiger partial charge in [0.2, 0.25) is 0 Å². The van der Waals surface area contributed by atoms with E-state index in [1.165, 1.54) is 0 Å². The van der Waals surface area contributed by atoms with Crippen LogP contribution in [0.4, 0.5) is 4.79 Å². The largest absolute Gasteiger partial charge is 0.441 e. The predicted octanol–water partition coefficient (Wildman–Crippen LogP) is 2.46. The van der Waals surface area contributed by atoms with Gasteiger partial charge in [0.1, 0.15) is 6.10 Å². The molecule has 0 bridgehead atoms. The number of ether oxygens (including phenoxy) is 2. The smallest absolute Gasteiger partial charge is 0.405 e. The van der Waals surface area contributed by atoms with E-state index in [-0.39, 0.29) is 6.10 Å². The molecular weight excluding hydrogens is 321 g/mol. The number of amides is 1. The second-order valence-corrected chi connectivity index (χ2v) is 4.39. The lowest BCUT2D eigenvalue weighted by molar-refractivity contribution is 0.0772. The molecule has 0 saturated carbocycles. The summed E-state index contributed by atoms with van der Waals surface area (Å²) in [7, 11) is 1.61. The zero-order valence-corrected chi connectivity index (χ0v) is 11.1. The van der Waals surface area contributed by atoms with Crippen molar-refractivity contribution in [1.82, 2.24) is 0 Å². The number of hydrogen-bond acceptors (Lipinski definition) is 3. The number of carbonyl (C=O) groups excluding carboxylic acids is 1. The van der Waals surface area contributed by atoms with Crippen molar-refractivity contribution < 1.29 is 14.3 Å². The van der Waals surface area contributed by atoms with E-state index >= 15 is 0 Å². The Hall–Kier alpha value is -0.820. The topological polar surface area (TPSA) is 61.6 Å². The Labute approximate surface area is 108 Å². The molecule has 0 aliphatic rings. The van der Waals surface area contributed by atoms with Crippen molar-refractivity contribution in [2.45, 2.75) is 12.5 Å². The lowest BCUT2D eigenvalue weighted by atomic mass is 10.1. The highest BCUT2D eigenvalue weighted by atomic mass is 127. The molecule has 0 saturated heterocycles. The van der Waals surface area contributed by atoms with Gasteiger partial charge < -0.3 is 15.2 Å². The average Bonchev–Trinajstić information content (AvgIpc) is 2.24. The van der Waals surface area contributed by atoms with Gasteiger partial charge in [-0.25, -0.2) is 4.79 Å². The fourth-order valence-corrected chi connectivity index (χ4v) is 2.11. The second kappa shape index (κ2) is 6.70. The molecule has 88 valence electrons. The van der Waals surface area contributed by atoms with Gasteiger partial charge in [-0.15, -0.1) is 0 Å². The van der Waals surface area contributed by atoms with Gasteiger partial charge in [-0.2, -0.15) is 0 Å². The van der Waals surface area contributed by atoms with Gasteiger partial charge >= 0.3 is 6.09 Å². The lowest BCUT2D eigenvalue weighted by Gasteiger charge is -2.17. The molecule has 4 nitrogen and oxygen atoms in total. The maximum absolute atomic E-state index is 10.8. The number of carbonyl (C=O) groups is 1. The van der Waals surface area contributed by atoms with E-state index in [1.54, 1.807) is 7.11 Å². The van der Waals surface area contributed by atoms with Crippen molar-refractivity contribution in [3.05, 3.63) is 33.4 Å². The second-order valence-electron chi connectivity index (χ2n) is 3.23. The van der Waals surface area contributed by atoms with Crippen LogP contribution in [0.2, 0.25) is 0 Å². The van der Waals surface area contributed by atoms with Crippen LogP contribution in [0.15, 0.2) is 24.3 Å². The van der Waals surface area contributed by atoms with E-state index in [0.29, 0.717) is 13.0 Å². The van der Waals surface area contributed by atoms with Crippen LogP contribution in [0.5, 0.6) is 0 Å². The summed E-state index contributed by atoms with van der Waals surface area (Å²) >= 11 is 2.20. The van der Waals surface area contributed by atoms with Crippen LogP contribution in [0.3, 0.4) is 0 Å². The Morgan fingerprint density at radius 3 is 2.75 bits per heavy atom. The summed E-state index contributed by atoms with van der Waals surface area (Å²) in [4.78, 5) is 10.8. The van der Waals surface area contributed by atoms with Crippen LogP contribution in [0.25, 0.3) is 0 Å². The third kappa shape index (κ3) is 3.97. The summed E-state index contributed by atoms with van der Waals surface area (Å²) in [6.45, 7) is 0.517. The minimum atomic E-state index is -0.763. The molecule has 16 heavy (non-hydrogen) atoms. The number of benzene rings is 1. The van der Waals surface area contributed by atoms with Crippen LogP contribution < -0.4 is 5.73 Å². The van der Waals surface area contributed by atoms with Crippen molar-refractivity contribution in [3.63, 3.8) is 0 Å². The maximum Gasteiger partial charge on any atom is 0.405 e. The van der Waals surface area contributed by atoms with E-state index < -0.39 is 6.09 Å². The minimum Gasteiger partial charge on any atom is -0.441 e. The van der Waals surface area contributed by atoms with Crippen molar-refractivity contribution in [1.29, 1.82) is 0 Å². The molecule has 1 amide bonds. The summed E-state index contributed by atoms with van der Waals surface area (Å²) in [5.74, 6) is 0. The Kier molecular flexibility index (Phi) is 5.54. The highest BCUT2D eigenvalue weighted by Gasteiger charge is 2.17. The highest BCUT2D eigenvalue weighted by Crippen LogP contribution is 2.25. The molecule has 0 aromatic heterocycles. The third-order valence-corrected chi connectivity index (χ3v) is 3.08. The Morgan fingerprint density at radius 1 is 1.50 bits per heavy atom. The predicted molar refractivity (Wildman–Crippen MR) is 69.1 cm³/mol. The van der Waals surface area contributed by atoms with Gasteiger partial charge in [0.25, 0.3) is 0 Å². The Balaban J connectivity index is 2.82. The molecule has 0 radical (unpaired) electrons. The number of methoxy groups -OCH3 is 1. The number of hydrogen-bond donors (Lipinski definition) is 1. The van der Waals surface area contributed by atoms with Crippen LogP contribution in [0.1, 0.15) is 18.1 Å². The lowest BCUT2D eigenvalue weighted by Crippen LogP contribution is -2.19. The van der Waals surface area contributed by atoms with E-state index in [4.69, 9.17) is 15.2 Å². The SMILES string of the molecule is COCC[C@H](OC(N)=O)c1ccccc1I. The van der Waals surface area contributed by atoms with Gasteiger partial charge in [0.05, 0.1) is 6.61 Å². The van der Waals surface area contributed by atoms with Crippen molar-refractivity contribution in [2.24, 2.45) is 5.73 Å². The number of primary amides is 1. The molecule has 1 aromatic rings. The van der Waals surface area contributed by atoms with E-state index in [0.717, 1.165) is 9.13 Å². The molecule has 0 aliphatic carbocycles. The van der Waals surface area contributed by atoms with Crippen molar-refractivity contribution >= 4 is 28.7 Å². The summed E-state index contributed by atoms with van der Waals surface area (Å²) in [5, 5.41) is 0. The van der Waals surface area contributed by atoms with Crippen LogP contribution >= 0.6 is 22.6 Å². The van der Waals surface area contributed by atoms with E-state index in [2.05, 4.69) is 22.6 Å². The molecule has 5 heteroatoms. The van der Waals surface area contributed by atoms with Gasteiger partial charge in [-0.05, 0) is 28.7 Å². The number of rotatable bonds is 5. The number of nitrogens with two attached hydrogens (primary N) is 1. The molecule has 1 atom stereocenters. The van der Waals surface area contributed by atoms with Gasteiger partial charge in [0.15, 0.2) is 0 Å². The van der Waals surface area contributed by atoms with Gasteiger partial charge in [0, 0.05) is 22.7 Å². The number of halogens is 1. The first-order valence-electron chi connectivity index (χ1n) is 4.84. The summed E-state index contributed by atoms with van der Waals surface area (Å²) in [6, 6.07) is 7.72. The van der Waals surface area contributed by atoms with Crippen molar-refractivity contribution in [3.8, 4) is 0 Å². The molecular formula is C11H14INO3. The van der Waals surface area contributed by atoms with Gasteiger partial charge in [-0.3, -0.25) is 0 Å². The van der Waals surface area contributed by atoms with Crippen LogP contribution in [-0.2, 0) is 9.47 Å². The van der Waals surface area contributed by atoms with Crippen molar-refractivity contribution in [2.75, 3.05) is 13.7 Å². The first-order valence-corrected chi connectivity index (χ1v) is 5.92. The Morgan fingerprint density at radius 2 is 2.19 bits per heavy atom. The summed E-state index contributed by atoms with van der Waals surface area (Å²) in [5.41, 5.74) is 6.01. The van der Waals surface area contributed by atoms with Crippen LogP contribution in [-0.4, -0.2) is 19.8 Å². The molecule has 0 aliphatic heterocycles. The van der Waals surface area contributed by atoms with Gasteiger partial charge in [-0.1, -0.05) is 18.2 Å². The zero-order valence-electron chi connectivity index (χ0n) is 8.98. The molecule has 0 spiro atoms. The summed E-state index contributed by atoms with van der Waals surface area (Å²) < 4.78 is 11.1.